The van der Waals surface area contributed by atoms with Gasteiger partial charge in [0.05, 0.1) is 19.6 Å². The fraction of sp³-hybridized carbons (Fsp3) is 0.160. The van der Waals surface area contributed by atoms with Crippen molar-refractivity contribution in [2.45, 2.75) is 13.5 Å². The first kappa shape index (κ1) is 20.8. The minimum atomic E-state index is -0.236. The van der Waals surface area contributed by atoms with Gasteiger partial charge in [-0.05, 0) is 60.5 Å². The molecule has 1 aromatic heterocycles. The van der Waals surface area contributed by atoms with Gasteiger partial charge in [-0.15, -0.1) is 0 Å². The number of rotatable bonds is 6. The first-order valence-corrected chi connectivity index (χ1v) is 10.0. The molecule has 4 aromatic rings. The van der Waals surface area contributed by atoms with Crippen LogP contribution in [0.4, 0.5) is 0 Å². The summed E-state index contributed by atoms with van der Waals surface area (Å²) in [5.41, 5.74) is 2.77. The number of hydrogen-bond acceptors (Lipinski definition) is 5. The van der Waals surface area contributed by atoms with E-state index in [0.29, 0.717) is 38.8 Å². The standard InChI is InChI=1S/C25H21ClO5/c1-15-4-10-19-21(12-15)31-24(17-7-11-20(28-2)22(13-17)29-3)25(23(19)27)30-14-16-5-8-18(26)9-6-16/h4-13H,14H2,1-3H3. The molecule has 0 bridgehead atoms. The summed E-state index contributed by atoms with van der Waals surface area (Å²) in [5, 5.41) is 1.09. The normalized spacial score (nSPS) is 10.8. The van der Waals surface area contributed by atoms with Gasteiger partial charge < -0.3 is 18.6 Å². The first-order valence-electron chi connectivity index (χ1n) is 9.67. The van der Waals surface area contributed by atoms with Crippen molar-refractivity contribution in [3.05, 3.63) is 87.0 Å². The van der Waals surface area contributed by atoms with Crippen LogP contribution in [0.3, 0.4) is 0 Å². The predicted molar refractivity (Wildman–Crippen MR) is 122 cm³/mol. The van der Waals surface area contributed by atoms with Crippen LogP contribution in [0.1, 0.15) is 11.1 Å². The van der Waals surface area contributed by atoms with Crippen molar-refractivity contribution in [1.82, 2.24) is 0 Å². The lowest BCUT2D eigenvalue weighted by Gasteiger charge is -2.14. The molecular formula is C25H21ClO5. The Morgan fingerprint density at radius 2 is 1.65 bits per heavy atom. The maximum absolute atomic E-state index is 13.3. The molecule has 0 aliphatic rings. The van der Waals surface area contributed by atoms with E-state index in [1.807, 2.05) is 31.2 Å². The summed E-state index contributed by atoms with van der Waals surface area (Å²) in [6.45, 7) is 2.14. The molecule has 0 atom stereocenters. The number of benzene rings is 3. The smallest absolute Gasteiger partial charge is 0.235 e. The Labute approximate surface area is 184 Å². The van der Waals surface area contributed by atoms with E-state index in [1.54, 1.807) is 50.6 Å². The van der Waals surface area contributed by atoms with Crippen LogP contribution >= 0.6 is 11.6 Å². The molecule has 0 amide bonds. The maximum atomic E-state index is 13.3. The van der Waals surface area contributed by atoms with E-state index in [0.717, 1.165) is 11.1 Å². The van der Waals surface area contributed by atoms with E-state index < -0.39 is 0 Å². The molecule has 1 heterocycles. The van der Waals surface area contributed by atoms with E-state index in [-0.39, 0.29) is 17.8 Å². The van der Waals surface area contributed by atoms with Gasteiger partial charge in [-0.2, -0.15) is 0 Å². The summed E-state index contributed by atoms with van der Waals surface area (Å²) >= 11 is 5.96. The van der Waals surface area contributed by atoms with Crippen LogP contribution in [0, 0.1) is 6.92 Å². The summed E-state index contributed by atoms with van der Waals surface area (Å²) in [4.78, 5) is 13.3. The average molecular weight is 437 g/mol. The SMILES string of the molecule is COc1ccc(-c2oc3cc(C)ccc3c(=O)c2OCc2ccc(Cl)cc2)cc1OC. The molecule has 6 heteroatoms. The van der Waals surface area contributed by atoms with Gasteiger partial charge in [0.1, 0.15) is 12.2 Å². The predicted octanol–water partition coefficient (Wildman–Crippen LogP) is 6.02. The zero-order valence-electron chi connectivity index (χ0n) is 17.4. The number of aryl methyl sites for hydroxylation is 1. The van der Waals surface area contributed by atoms with Crippen molar-refractivity contribution in [1.29, 1.82) is 0 Å². The highest BCUT2D eigenvalue weighted by Crippen LogP contribution is 2.37. The molecule has 0 radical (unpaired) electrons. The summed E-state index contributed by atoms with van der Waals surface area (Å²) in [6, 6.07) is 18.0. The lowest BCUT2D eigenvalue weighted by Crippen LogP contribution is -2.10. The monoisotopic (exact) mass is 436 g/mol. The Bertz CT molecular complexity index is 1290. The molecule has 5 nitrogen and oxygen atoms in total. The first-order chi connectivity index (χ1) is 15.0. The van der Waals surface area contributed by atoms with Gasteiger partial charge in [0.25, 0.3) is 0 Å². The van der Waals surface area contributed by atoms with Gasteiger partial charge in [0.15, 0.2) is 17.3 Å². The topological polar surface area (TPSA) is 57.9 Å². The molecule has 0 aliphatic carbocycles. The number of ether oxygens (including phenoxy) is 3. The molecule has 0 aliphatic heterocycles. The molecule has 0 saturated heterocycles. The highest BCUT2D eigenvalue weighted by atomic mass is 35.5. The van der Waals surface area contributed by atoms with E-state index >= 15 is 0 Å². The van der Waals surface area contributed by atoms with Crippen molar-refractivity contribution in [3.8, 4) is 28.6 Å². The lowest BCUT2D eigenvalue weighted by atomic mass is 10.1. The second-order valence-corrected chi connectivity index (χ2v) is 7.51. The third-order valence-electron chi connectivity index (χ3n) is 4.95. The number of methoxy groups -OCH3 is 2. The number of hydrogen-bond donors (Lipinski definition) is 0. The third-order valence-corrected chi connectivity index (χ3v) is 5.20. The van der Waals surface area contributed by atoms with Crippen molar-refractivity contribution < 1.29 is 18.6 Å². The van der Waals surface area contributed by atoms with Crippen molar-refractivity contribution >= 4 is 22.6 Å². The van der Waals surface area contributed by atoms with Gasteiger partial charge in [-0.25, -0.2) is 0 Å². The van der Waals surface area contributed by atoms with E-state index in [9.17, 15) is 4.79 Å². The summed E-state index contributed by atoms with van der Waals surface area (Å²) in [7, 11) is 3.12. The Morgan fingerprint density at radius 3 is 2.35 bits per heavy atom. The third kappa shape index (κ3) is 4.23. The van der Waals surface area contributed by atoms with Crippen LogP contribution in [0.2, 0.25) is 5.02 Å². The van der Waals surface area contributed by atoms with Crippen molar-refractivity contribution in [2.75, 3.05) is 14.2 Å². The van der Waals surface area contributed by atoms with Crippen LogP contribution < -0.4 is 19.6 Å². The van der Waals surface area contributed by atoms with Gasteiger partial charge in [0.2, 0.25) is 11.2 Å². The summed E-state index contributed by atoms with van der Waals surface area (Å²) in [5.74, 6) is 1.57. The Morgan fingerprint density at radius 1 is 0.903 bits per heavy atom. The molecule has 0 N–H and O–H groups in total. The van der Waals surface area contributed by atoms with E-state index in [1.165, 1.54) is 0 Å². The van der Waals surface area contributed by atoms with Crippen LogP contribution in [-0.2, 0) is 6.61 Å². The Kier molecular flexibility index (Phi) is 5.87. The van der Waals surface area contributed by atoms with Gasteiger partial charge >= 0.3 is 0 Å². The second kappa shape index (κ2) is 8.74. The minimum absolute atomic E-state index is 0.138. The Hall–Kier alpha value is -3.44. The lowest BCUT2D eigenvalue weighted by molar-refractivity contribution is 0.298. The molecule has 0 fully saturated rings. The summed E-state index contributed by atoms with van der Waals surface area (Å²) in [6.07, 6.45) is 0. The van der Waals surface area contributed by atoms with Crippen molar-refractivity contribution in [3.63, 3.8) is 0 Å². The fourth-order valence-electron chi connectivity index (χ4n) is 3.32. The number of halogens is 1. The molecule has 0 spiro atoms. The van der Waals surface area contributed by atoms with Crippen LogP contribution in [0.15, 0.2) is 69.9 Å². The molecule has 0 unspecified atom stereocenters. The fourth-order valence-corrected chi connectivity index (χ4v) is 3.44. The van der Waals surface area contributed by atoms with E-state index in [2.05, 4.69) is 0 Å². The summed E-state index contributed by atoms with van der Waals surface area (Å²) < 4.78 is 22.9. The molecular weight excluding hydrogens is 416 g/mol. The van der Waals surface area contributed by atoms with Crippen molar-refractivity contribution in [2.24, 2.45) is 0 Å². The largest absolute Gasteiger partial charge is 0.493 e. The van der Waals surface area contributed by atoms with Gasteiger partial charge in [0, 0.05) is 10.6 Å². The average Bonchev–Trinajstić information content (AvgIpc) is 2.78. The van der Waals surface area contributed by atoms with Crippen LogP contribution in [0.5, 0.6) is 17.2 Å². The van der Waals surface area contributed by atoms with E-state index in [4.69, 9.17) is 30.2 Å². The molecule has 0 saturated carbocycles. The molecule has 3 aromatic carbocycles. The second-order valence-electron chi connectivity index (χ2n) is 7.07. The molecule has 158 valence electrons. The zero-order chi connectivity index (χ0) is 22.0. The van der Waals surface area contributed by atoms with Crippen LogP contribution in [-0.4, -0.2) is 14.2 Å². The Balaban J connectivity index is 1.86. The maximum Gasteiger partial charge on any atom is 0.235 e. The molecule has 4 rings (SSSR count). The highest BCUT2D eigenvalue weighted by Gasteiger charge is 2.19. The van der Waals surface area contributed by atoms with Crippen LogP contribution in [0.25, 0.3) is 22.3 Å². The van der Waals surface area contributed by atoms with Gasteiger partial charge in [-0.3, -0.25) is 4.79 Å². The quantitative estimate of drug-likeness (QED) is 0.370. The van der Waals surface area contributed by atoms with Gasteiger partial charge in [-0.1, -0.05) is 29.8 Å². The zero-order valence-corrected chi connectivity index (χ0v) is 18.2. The minimum Gasteiger partial charge on any atom is -0.493 e. The molecule has 31 heavy (non-hydrogen) atoms. The number of fused-ring (bicyclic) bond motifs is 1. The highest BCUT2D eigenvalue weighted by molar-refractivity contribution is 6.30.